The fourth-order valence-electron chi connectivity index (χ4n) is 3.40. The van der Waals surface area contributed by atoms with Gasteiger partial charge in [0.05, 0.1) is 5.25 Å². The minimum Gasteiger partial charge on any atom is -0.336 e. The van der Waals surface area contributed by atoms with Gasteiger partial charge in [0.15, 0.2) is 0 Å². The topological polar surface area (TPSA) is 79.4 Å². The normalized spacial score (nSPS) is 23.1. The Morgan fingerprint density at radius 2 is 1.96 bits per heavy atom. The van der Waals surface area contributed by atoms with E-state index < -0.39 is 15.3 Å². The second kappa shape index (κ2) is 6.97. The van der Waals surface area contributed by atoms with E-state index in [1.165, 1.54) is 0 Å². The number of pyridine rings is 1. The van der Waals surface area contributed by atoms with Gasteiger partial charge in [-0.3, -0.25) is 9.78 Å². The van der Waals surface area contributed by atoms with Crippen LogP contribution >= 0.6 is 0 Å². The minimum atomic E-state index is -3.38. The fraction of sp³-hybridized carbons (Fsp3) is 0.625. The van der Waals surface area contributed by atoms with E-state index in [0.29, 0.717) is 25.1 Å². The lowest BCUT2D eigenvalue weighted by molar-refractivity contribution is 0.0720. The number of hydrogen-bond acceptors (Lipinski definition) is 4. The summed E-state index contributed by atoms with van der Waals surface area (Å²) in [7, 11) is -3.38. The average Bonchev–Trinajstić information content (AvgIpc) is 3.07. The third kappa shape index (κ3) is 3.90. The molecule has 7 heteroatoms. The second-order valence-corrected chi connectivity index (χ2v) is 8.37. The number of carbonyl (C=O) groups excluding carboxylic acids is 1. The Balaban J connectivity index is 1.66. The smallest absolute Gasteiger partial charge is 0.272 e. The van der Waals surface area contributed by atoms with E-state index in [0.717, 1.165) is 25.7 Å². The van der Waals surface area contributed by atoms with Crippen LogP contribution in [0.25, 0.3) is 0 Å². The summed E-state index contributed by atoms with van der Waals surface area (Å²) >= 11 is 0. The lowest BCUT2D eigenvalue weighted by Crippen LogP contribution is -2.50. The van der Waals surface area contributed by atoms with E-state index in [-0.39, 0.29) is 18.5 Å². The van der Waals surface area contributed by atoms with Crippen LogP contribution in [0.1, 0.15) is 49.0 Å². The molecule has 1 aliphatic carbocycles. The van der Waals surface area contributed by atoms with Crippen LogP contribution in [-0.4, -0.2) is 48.6 Å². The van der Waals surface area contributed by atoms with E-state index in [1.54, 1.807) is 29.3 Å². The third-order valence-corrected chi connectivity index (χ3v) is 6.60. The van der Waals surface area contributed by atoms with Crippen molar-refractivity contribution in [3.8, 4) is 0 Å². The Morgan fingerprint density at radius 3 is 2.65 bits per heavy atom. The van der Waals surface area contributed by atoms with Gasteiger partial charge in [-0.1, -0.05) is 18.9 Å². The average molecular weight is 337 g/mol. The van der Waals surface area contributed by atoms with Crippen molar-refractivity contribution in [3.05, 3.63) is 30.1 Å². The summed E-state index contributed by atoms with van der Waals surface area (Å²) < 4.78 is 28.0. The van der Waals surface area contributed by atoms with Gasteiger partial charge in [-0.15, -0.1) is 0 Å². The highest BCUT2D eigenvalue weighted by molar-refractivity contribution is 7.90. The van der Waals surface area contributed by atoms with E-state index in [9.17, 15) is 13.2 Å². The standard InChI is InChI=1S/C16H23N3O3S/c20-16(15-9-3-4-10-17-15)19-11-5-8-14(12-19)23(21,22)18-13-6-1-2-7-13/h3-4,9-10,13-14,18H,1-2,5-8,11-12H2. The molecule has 1 aromatic rings. The van der Waals surface area contributed by atoms with Gasteiger partial charge in [-0.25, -0.2) is 13.1 Å². The highest BCUT2D eigenvalue weighted by Crippen LogP contribution is 2.22. The summed E-state index contributed by atoms with van der Waals surface area (Å²) in [6, 6.07) is 5.25. The highest BCUT2D eigenvalue weighted by Gasteiger charge is 2.34. The Labute approximate surface area is 137 Å². The molecule has 1 atom stereocenters. The molecule has 2 heterocycles. The molecule has 1 aromatic heterocycles. The molecule has 0 radical (unpaired) electrons. The van der Waals surface area contributed by atoms with Crippen LogP contribution in [0.2, 0.25) is 0 Å². The van der Waals surface area contributed by atoms with Crippen molar-refractivity contribution in [1.29, 1.82) is 0 Å². The van der Waals surface area contributed by atoms with Crippen molar-refractivity contribution in [1.82, 2.24) is 14.6 Å². The number of nitrogens with one attached hydrogen (secondary N) is 1. The quantitative estimate of drug-likeness (QED) is 0.904. The monoisotopic (exact) mass is 337 g/mol. The van der Waals surface area contributed by atoms with Crippen LogP contribution in [-0.2, 0) is 10.0 Å². The van der Waals surface area contributed by atoms with Crippen LogP contribution in [0.5, 0.6) is 0 Å². The molecule has 0 spiro atoms. The molecule has 2 fully saturated rings. The number of rotatable bonds is 4. The minimum absolute atomic E-state index is 0.0712. The molecule has 0 bridgehead atoms. The number of nitrogens with zero attached hydrogens (tertiary/aromatic N) is 2. The molecule has 1 saturated carbocycles. The van der Waals surface area contributed by atoms with Gasteiger partial charge in [0.1, 0.15) is 5.69 Å². The number of likely N-dealkylation sites (tertiary alicyclic amines) is 1. The summed E-state index contributed by atoms with van der Waals surface area (Å²) in [5.41, 5.74) is 0.370. The van der Waals surface area contributed by atoms with E-state index in [4.69, 9.17) is 0 Å². The van der Waals surface area contributed by atoms with Gasteiger partial charge >= 0.3 is 0 Å². The molecule has 0 aromatic carbocycles. The predicted molar refractivity (Wildman–Crippen MR) is 87.5 cm³/mol. The van der Waals surface area contributed by atoms with Crippen molar-refractivity contribution in [2.45, 2.75) is 49.8 Å². The van der Waals surface area contributed by atoms with Gasteiger partial charge in [-0.05, 0) is 37.8 Å². The molecule has 6 nitrogen and oxygen atoms in total. The zero-order chi connectivity index (χ0) is 16.3. The highest BCUT2D eigenvalue weighted by atomic mass is 32.2. The summed E-state index contributed by atoms with van der Waals surface area (Å²) in [5, 5.41) is -0.524. The van der Waals surface area contributed by atoms with Crippen LogP contribution in [0, 0.1) is 0 Å². The Morgan fingerprint density at radius 1 is 1.17 bits per heavy atom. The summed E-state index contributed by atoms with van der Waals surface area (Å²) in [5.74, 6) is -0.189. The summed E-state index contributed by atoms with van der Waals surface area (Å²) in [6.45, 7) is 0.836. The van der Waals surface area contributed by atoms with Crippen molar-refractivity contribution >= 4 is 15.9 Å². The van der Waals surface area contributed by atoms with Crippen LogP contribution in [0.15, 0.2) is 24.4 Å². The van der Waals surface area contributed by atoms with E-state index in [2.05, 4.69) is 9.71 Å². The molecular weight excluding hydrogens is 314 g/mol. The van der Waals surface area contributed by atoms with Crippen LogP contribution in [0.4, 0.5) is 0 Å². The summed E-state index contributed by atoms with van der Waals surface area (Å²) in [4.78, 5) is 18.1. The Hall–Kier alpha value is -1.47. The first kappa shape index (κ1) is 16.4. The Bertz CT molecular complexity index is 642. The van der Waals surface area contributed by atoms with Crippen molar-refractivity contribution in [2.24, 2.45) is 0 Å². The van der Waals surface area contributed by atoms with Gasteiger partial charge in [0.2, 0.25) is 10.0 Å². The second-order valence-electron chi connectivity index (χ2n) is 6.37. The number of piperidine rings is 1. The zero-order valence-electron chi connectivity index (χ0n) is 13.1. The lowest BCUT2D eigenvalue weighted by atomic mass is 10.1. The maximum atomic E-state index is 12.6. The largest absolute Gasteiger partial charge is 0.336 e. The molecule has 1 amide bonds. The fourth-order valence-corrected chi connectivity index (χ4v) is 5.15. The molecule has 1 unspecified atom stereocenters. The maximum Gasteiger partial charge on any atom is 0.272 e. The lowest BCUT2D eigenvalue weighted by Gasteiger charge is -2.32. The van der Waals surface area contributed by atoms with Crippen molar-refractivity contribution < 1.29 is 13.2 Å². The van der Waals surface area contributed by atoms with Crippen LogP contribution < -0.4 is 4.72 Å². The number of carbonyl (C=O) groups is 1. The number of hydrogen-bond donors (Lipinski definition) is 1. The van der Waals surface area contributed by atoms with Gasteiger partial charge in [-0.2, -0.15) is 0 Å². The zero-order valence-corrected chi connectivity index (χ0v) is 14.0. The van der Waals surface area contributed by atoms with E-state index >= 15 is 0 Å². The summed E-state index contributed by atoms with van der Waals surface area (Å²) in [6.07, 6.45) is 6.89. The van der Waals surface area contributed by atoms with Crippen molar-refractivity contribution in [3.63, 3.8) is 0 Å². The molecule has 2 aliphatic rings. The molecule has 1 aliphatic heterocycles. The first-order valence-corrected chi connectivity index (χ1v) is 9.82. The first-order chi connectivity index (χ1) is 11.1. The molecule has 3 rings (SSSR count). The molecule has 23 heavy (non-hydrogen) atoms. The molecule has 1 N–H and O–H groups in total. The third-order valence-electron chi connectivity index (χ3n) is 4.67. The van der Waals surface area contributed by atoms with Gasteiger partial charge in [0, 0.05) is 25.3 Å². The number of sulfonamides is 1. The molecule has 126 valence electrons. The molecule has 1 saturated heterocycles. The SMILES string of the molecule is O=C(c1ccccn1)N1CCCC(S(=O)(=O)NC2CCCC2)C1. The van der Waals surface area contributed by atoms with Crippen molar-refractivity contribution in [2.75, 3.05) is 13.1 Å². The number of aromatic nitrogens is 1. The number of amides is 1. The maximum absolute atomic E-state index is 12.6. The van der Waals surface area contributed by atoms with Gasteiger partial charge in [0.25, 0.3) is 5.91 Å². The first-order valence-electron chi connectivity index (χ1n) is 8.28. The van der Waals surface area contributed by atoms with Gasteiger partial charge < -0.3 is 4.90 Å². The van der Waals surface area contributed by atoms with Crippen LogP contribution in [0.3, 0.4) is 0 Å². The predicted octanol–water partition coefficient (Wildman–Crippen LogP) is 1.55. The van der Waals surface area contributed by atoms with E-state index in [1.807, 2.05) is 0 Å². The Kier molecular flexibility index (Phi) is 4.96. The molecular formula is C16H23N3O3S.